The first-order valence-electron chi connectivity index (χ1n) is 3.68. The molecule has 0 amide bonds. The van der Waals surface area contributed by atoms with Gasteiger partial charge in [0.1, 0.15) is 12.2 Å². The van der Waals surface area contributed by atoms with Crippen LogP contribution in [0.4, 0.5) is 0 Å². The Kier molecular flexibility index (Phi) is 3.68. The van der Waals surface area contributed by atoms with E-state index in [2.05, 4.69) is 9.97 Å². The van der Waals surface area contributed by atoms with Gasteiger partial charge in [0, 0.05) is 0 Å². The molecule has 4 nitrogen and oxygen atoms in total. The summed E-state index contributed by atoms with van der Waals surface area (Å²) in [7, 11) is 0. The predicted octanol–water partition coefficient (Wildman–Crippen LogP) is 0.798. The maximum atomic E-state index is 8.85. The summed E-state index contributed by atoms with van der Waals surface area (Å²) >= 11 is 1.48. The average Bonchev–Trinajstić information content (AvgIpc) is 2.20. The Morgan fingerprint density at radius 3 is 3.00 bits per heavy atom. The van der Waals surface area contributed by atoms with E-state index in [4.69, 9.17) is 10.4 Å². The number of rotatable bonds is 3. The zero-order valence-electron chi connectivity index (χ0n) is 7.14. The first kappa shape index (κ1) is 9.96. The SMILES string of the molecule is CSc1cc(C(C#N)CO)ncn1. The molecule has 1 aromatic rings. The summed E-state index contributed by atoms with van der Waals surface area (Å²) in [6, 6.07) is 3.69. The van der Waals surface area contributed by atoms with Gasteiger partial charge in [-0.15, -0.1) is 11.8 Å². The van der Waals surface area contributed by atoms with Crippen molar-refractivity contribution in [3.8, 4) is 6.07 Å². The van der Waals surface area contributed by atoms with Crippen LogP contribution < -0.4 is 0 Å². The molecule has 0 saturated heterocycles. The summed E-state index contributed by atoms with van der Waals surface area (Å²) < 4.78 is 0. The molecule has 1 atom stereocenters. The van der Waals surface area contributed by atoms with Gasteiger partial charge in [-0.05, 0) is 12.3 Å². The maximum Gasteiger partial charge on any atom is 0.117 e. The van der Waals surface area contributed by atoms with Gasteiger partial charge in [-0.25, -0.2) is 9.97 Å². The number of nitriles is 1. The summed E-state index contributed by atoms with van der Waals surface area (Å²) in [5, 5.41) is 18.3. The molecule has 0 saturated carbocycles. The fourth-order valence-electron chi connectivity index (χ4n) is 0.856. The van der Waals surface area contributed by atoms with Gasteiger partial charge >= 0.3 is 0 Å². The van der Waals surface area contributed by atoms with Crippen LogP contribution in [0.3, 0.4) is 0 Å². The first-order chi connectivity index (χ1) is 6.31. The highest BCUT2D eigenvalue weighted by Crippen LogP contribution is 2.16. The van der Waals surface area contributed by atoms with Crippen LogP contribution in [0.5, 0.6) is 0 Å². The van der Waals surface area contributed by atoms with E-state index in [1.165, 1.54) is 18.1 Å². The topological polar surface area (TPSA) is 69.8 Å². The maximum absolute atomic E-state index is 8.85. The first-order valence-corrected chi connectivity index (χ1v) is 4.90. The van der Waals surface area contributed by atoms with E-state index >= 15 is 0 Å². The molecule has 0 aliphatic carbocycles. The van der Waals surface area contributed by atoms with Crippen molar-refractivity contribution in [2.24, 2.45) is 0 Å². The zero-order chi connectivity index (χ0) is 9.68. The lowest BCUT2D eigenvalue weighted by molar-refractivity contribution is 0.284. The lowest BCUT2D eigenvalue weighted by atomic mass is 10.1. The lowest BCUT2D eigenvalue weighted by Crippen LogP contribution is -2.04. The summed E-state index contributed by atoms with van der Waals surface area (Å²) in [4.78, 5) is 7.89. The van der Waals surface area contributed by atoms with Crippen molar-refractivity contribution < 1.29 is 5.11 Å². The van der Waals surface area contributed by atoms with Crippen molar-refractivity contribution in [1.82, 2.24) is 9.97 Å². The molecular formula is C8H9N3OS. The van der Waals surface area contributed by atoms with E-state index in [0.717, 1.165) is 5.03 Å². The number of thioether (sulfide) groups is 1. The number of aromatic nitrogens is 2. The molecule has 0 spiro atoms. The van der Waals surface area contributed by atoms with Gasteiger partial charge in [0.05, 0.1) is 23.4 Å². The molecule has 1 N–H and O–H groups in total. The second kappa shape index (κ2) is 4.80. The normalized spacial score (nSPS) is 12.1. The Bertz CT molecular complexity index is 323. The lowest BCUT2D eigenvalue weighted by Gasteiger charge is -2.04. The third-order valence-electron chi connectivity index (χ3n) is 1.57. The highest BCUT2D eigenvalue weighted by Gasteiger charge is 2.10. The minimum absolute atomic E-state index is 0.207. The molecule has 0 fully saturated rings. The van der Waals surface area contributed by atoms with Crippen molar-refractivity contribution >= 4 is 11.8 Å². The smallest absolute Gasteiger partial charge is 0.117 e. The van der Waals surface area contributed by atoms with Crippen LogP contribution in [0.1, 0.15) is 11.6 Å². The molecule has 1 heterocycles. The van der Waals surface area contributed by atoms with Crippen LogP contribution in [-0.2, 0) is 0 Å². The molecule has 13 heavy (non-hydrogen) atoms. The molecule has 0 bridgehead atoms. The summed E-state index contributed by atoms with van der Waals surface area (Å²) in [6.45, 7) is -0.207. The molecule has 1 rings (SSSR count). The second-order valence-corrected chi connectivity index (χ2v) is 3.18. The zero-order valence-corrected chi connectivity index (χ0v) is 7.95. The van der Waals surface area contributed by atoms with E-state index in [0.29, 0.717) is 5.69 Å². The Balaban J connectivity index is 2.94. The molecule has 0 aliphatic heterocycles. The Morgan fingerprint density at radius 2 is 2.46 bits per heavy atom. The number of aliphatic hydroxyl groups is 1. The monoisotopic (exact) mass is 195 g/mol. The summed E-state index contributed by atoms with van der Waals surface area (Å²) in [5.41, 5.74) is 0.573. The largest absolute Gasteiger partial charge is 0.395 e. The number of hydrogen-bond donors (Lipinski definition) is 1. The Labute approximate surface area is 80.6 Å². The molecule has 1 aromatic heterocycles. The van der Waals surface area contributed by atoms with Crippen LogP contribution in [0.25, 0.3) is 0 Å². The van der Waals surface area contributed by atoms with Gasteiger partial charge < -0.3 is 5.11 Å². The van der Waals surface area contributed by atoms with Gasteiger partial charge in [-0.3, -0.25) is 0 Å². The van der Waals surface area contributed by atoms with Gasteiger partial charge in [-0.2, -0.15) is 5.26 Å². The Morgan fingerprint density at radius 1 is 1.69 bits per heavy atom. The molecule has 0 aromatic carbocycles. The predicted molar refractivity (Wildman–Crippen MR) is 49.3 cm³/mol. The van der Waals surface area contributed by atoms with Crippen molar-refractivity contribution in [1.29, 1.82) is 5.26 Å². The highest BCUT2D eigenvalue weighted by atomic mass is 32.2. The van der Waals surface area contributed by atoms with E-state index in [1.807, 2.05) is 12.3 Å². The molecule has 5 heteroatoms. The Hall–Kier alpha value is -1.12. The van der Waals surface area contributed by atoms with Gasteiger partial charge in [0.2, 0.25) is 0 Å². The molecule has 0 aliphatic rings. The minimum atomic E-state index is -0.547. The van der Waals surface area contributed by atoms with Crippen molar-refractivity contribution in [2.45, 2.75) is 10.9 Å². The number of hydrogen-bond acceptors (Lipinski definition) is 5. The number of aliphatic hydroxyl groups excluding tert-OH is 1. The van der Waals surface area contributed by atoms with E-state index < -0.39 is 5.92 Å². The standard InChI is InChI=1S/C8H9N3OS/c1-13-8-2-7(10-5-11-8)6(3-9)4-12/h2,5-6,12H,4H2,1H3. The van der Waals surface area contributed by atoms with Crippen LogP contribution in [-0.4, -0.2) is 27.9 Å². The van der Waals surface area contributed by atoms with E-state index in [-0.39, 0.29) is 6.61 Å². The van der Waals surface area contributed by atoms with Crippen molar-refractivity contribution in [2.75, 3.05) is 12.9 Å². The third-order valence-corrected chi connectivity index (χ3v) is 2.21. The fourth-order valence-corrected chi connectivity index (χ4v) is 1.25. The van der Waals surface area contributed by atoms with Crippen LogP contribution in [0, 0.1) is 11.3 Å². The van der Waals surface area contributed by atoms with E-state index in [9.17, 15) is 0 Å². The van der Waals surface area contributed by atoms with Gasteiger partial charge in [0.25, 0.3) is 0 Å². The van der Waals surface area contributed by atoms with Crippen LogP contribution in [0.2, 0.25) is 0 Å². The van der Waals surface area contributed by atoms with E-state index in [1.54, 1.807) is 6.07 Å². The van der Waals surface area contributed by atoms with Gasteiger partial charge in [0.15, 0.2) is 0 Å². The van der Waals surface area contributed by atoms with Crippen molar-refractivity contribution in [3.05, 3.63) is 18.1 Å². The minimum Gasteiger partial charge on any atom is -0.395 e. The molecular weight excluding hydrogens is 186 g/mol. The quantitative estimate of drug-likeness (QED) is 0.570. The number of nitrogens with zero attached hydrogens (tertiary/aromatic N) is 3. The van der Waals surface area contributed by atoms with Crippen LogP contribution >= 0.6 is 11.8 Å². The second-order valence-electron chi connectivity index (χ2n) is 2.35. The van der Waals surface area contributed by atoms with Gasteiger partial charge in [-0.1, -0.05) is 0 Å². The molecule has 68 valence electrons. The average molecular weight is 195 g/mol. The summed E-state index contributed by atoms with van der Waals surface area (Å²) in [6.07, 6.45) is 3.30. The highest BCUT2D eigenvalue weighted by molar-refractivity contribution is 7.98. The van der Waals surface area contributed by atoms with Crippen molar-refractivity contribution in [3.63, 3.8) is 0 Å². The van der Waals surface area contributed by atoms with Crippen LogP contribution in [0.15, 0.2) is 17.4 Å². The molecule has 0 radical (unpaired) electrons. The third kappa shape index (κ3) is 2.41. The fraction of sp³-hybridized carbons (Fsp3) is 0.375. The molecule has 1 unspecified atom stereocenters. The summed E-state index contributed by atoms with van der Waals surface area (Å²) in [5.74, 6) is -0.547.